The number of aromatic nitrogens is 2. The van der Waals surface area contributed by atoms with E-state index in [2.05, 4.69) is 39.0 Å². The molecule has 0 unspecified atom stereocenters. The van der Waals surface area contributed by atoms with Crippen LogP contribution in [0.5, 0.6) is 0 Å². The first-order valence-electron chi connectivity index (χ1n) is 7.78. The molecule has 0 radical (unpaired) electrons. The van der Waals surface area contributed by atoms with Crippen LogP contribution in [0.15, 0.2) is 45.7 Å². The molecule has 3 rings (SSSR count). The number of rotatable bonds is 5. The molecule has 3 nitrogen and oxygen atoms in total. The molecular formula is C18H20N2OS2. The summed E-state index contributed by atoms with van der Waals surface area (Å²) in [4.78, 5) is 17.6. The minimum Gasteiger partial charge on any atom is -0.284 e. The Balaban J connectivity index is 2.02. The van der Waals surface area contributed by atoms with Crippen molar-refractivity contribution in [3.63, 3.8) is 0 Å². The van der Waals surface area contributed by atoms with E-state index in [1.54, 1.807) is 11.8 Å². The Labute approximate surface area is 144 Å². The first kappa shape index (κ1) is 16.3. The first-order valence-corrected chi connectivity index (χ1v) is 9.65. The van der Waals surface area contributed by atoms with Crippen LogP contribution in [0.25, 0.3) is 10.2 Å². The second-order valence-corrected chi connectivity index (χ2v) is 7.54. The molecule has 0 saturated heterocycles. The van der Waals surface area contributed by atoms with Gasteiger partial charge in [-0.15, -0.1) is 11.3 Å². The van der Waals surface area contributed by atoms with E-state index in [-0.39, 0.29) is 11.6 Å². The number of thioether (sulfide) groups is 1. The van der Waals surface area contributed by atoms with Gasteiger partial charge in [0.1, 0.15) is 4.70 Å². The molecule has 0 spiro atoms. The molecule has 0 fully saturated rings. The number of hydrogen-bond donors (Lipinski definition) is 0. The summed E-state index contributed by atoms with van der Waals surface area (Å²) in [6.07, 6.45) is 0.913. The van der Waals surface area contributed by atoms with Crippen LogP contribution in [0.3, 0.4) is 0 Å². The van der Waals surface area contributed by atoms with Gasteiger partial charge in [-0.05, 0) is 42.8 Å². The second kappa shape index (κ2) is 6.89. The van der Waals surface area contributed by atoms with E-state index in [4.69, 9.17) is 4.98 Å². The highest BCUT2D eigenvalue weighted by atomic mass is 32.2. The molecule has 2 aromatic heterocycles. The molecule has 1 atom stereocenters. The average Bonchev–Trinajstić information content (AvgIpc) is 3.02. The zero-order valence-corrected chi connectivity index (χ0v) is 15.2. The molecule has 0 saturated carbocycles. The van der Waals surface area contributed by atoms with E-state index in [9.17, 15) is 4.79 Å². The fourth-order valence-electron chi connectivity index (χ4n) is 2.49. The Kier molecular flexibility index (Phi) is 4.87. The summed E-state index contributed by atoms with van der Waals surface area (Å²) in [6.45, 7) is 6.30. The molecule has 0 aliphatic rings. The maximum atomic E-state index is 12.8. The van der Waals surface area contributed by atoms with Gasteiger partial charge >= 0.3 is 0 Å². The topological polar surface area (TPSA) is 34.9 Å². The third-order valence-electron chi connectivity index (χ3n) is 4.13. The van der Waals surface area contributed by atoms with E-state index in [1.165, 1.54) is 22.5 Å². The smallest absolute Gasteiger partial charge is 0.272 e. The van der Waals surface area contributed by atoms with Crippen LogP contribution in [-0.4, -0.2) is 9.55 Å². The minimum absolute atomic E-state index is 0.0895. The summed E-state index contributed by atoms with van der Waals surface area (Å²) >= 11 is 3.12. The van der Waals surface area contributed by atoms with Crippen LogP contribution in [0.1, 0.15) is 37.4 Å². The molecule has 3 aromatic rings. The molecule has 5 heteroatoms. The number of nitrogens with zero attached hydrogens (tertiary/aromatic N) is 2. The average molecular weight is 345 g/mol. The first-order chi connectivity index (χ1) is 11.1. The van der Waals surface area contributed by atoms with Crippen molar-refractivity contribution in [1.82, 2.24) is 9.55 Å². The fraction of sp³-hybridized carbons (Fsp3) is 0.333. The third kappa shape index (κ3) is 3.21. The van der Waals surface area contributed by atoms with Crippen molar-refractivity contribution in [1.29, 1.82) is 0 Å². The largest absolute Gasteiger partial charge is 0.284 e. The summed E-state index contributed by atoms with van der Waals surface area (Å²) in [7, 11) is 0. The highest BCUT2D eigenvalue weighted by molar-refractivity contribution is 7.98. The Morgan fingerprint density at radius 2 is 2.09 bits per heavy atom. The number of aryl methyl sites for hydroxylation is 1. The molecule has 0 aliphatic heterocycles. The molecule has 0 N–H and O–H groups in total. The summed E-state index contributed by atoms with van der Waals surface area (Å²) in [5.41, 5.74) is 3.46. The van der Waals surface area contributed by atoms with Crippen molar-refractivity contribution in [2.24, 2.45) is 0 Å². The highest BCUT2D eigenvalue weighted by Crippen LogP contribution is 2.27. The van der Waals surface area contributed by atoms with Crippen molar-refractivity contribution in [2.75, 3.05) is 0 Å². The van der Waals surface area contributed by atoms with Crippen LogP contribution in [0, 0.1) is 6.92 Å². The van der Waals surface area contributed by atoms with E-state index in [0.717, 1.165) is 27.5 Å². The second-order valence-electron chi connectivity index (χ2n) is 5.68. The highest BCUT2D eigenvalue weighted by Gasteiger charge is 2.16. The van der Waals surface area contributed by atoms with Gasteiger partial charge < -0.3 is 0 Å². The Hall–Kier alpha value is -1.59. The monoisotopic (exact) mass is 344 g/mol. The molecule has 1 aromatic carbocycles. The zero-order chi connectivity index (χ0) is 16.4. The maximum Gasteiger partial charge on any atom is 0.272 e. The number of fused-ring (bicyclic) bond motifs is 1. The lowest BCUT2D eigenvalue weighted by molar-refractivity contribution is 0.468. The van der Waals surface area contributed by atoms with Crippen molar-refractivity contribution >= 4 is 33.3 Å². The number of benzene rings is 1. The van der Waals surface area contributed by atoms with Gasteiger partial charge in [-0.3, -0.25) is 9.36 Å². The lowest BCUT2D eigenvalue weighted by Crippen LogP contribution is -2.25. The van der Waals surface area contributed by atoms with Gasteiger partial charge in [0.05, 0.1) is 5.52 Å². The van der Waals surface area contributed by atoms with Crippen LogP contribution < -0.4 is 5.56 Å². The summed E-state index contributed by atoms with van der Waals surface area (Å²) in [6, 6.07) is 10.4. The van der Waals surface area contributed by atoms with Crippen LogP contribution in [0.2, 0.25) is 0 Å². The van der Waals surface area contributed by atoms with Crippen molar-refractivity contribution in [2.45, 2.75) is 44.1 Å². The van der Waals surface area contributed by atoms with E-state index < -0.39 is 0 Å². The van der Waals surface area contributed by atoms with Gasteiger partial charge in [-0.2, -0.15) is 0 Å². The summed E-state index contributed by atoms with van der Waals surface area (Å²) in [5.74, 6) is 0.825. The Morgan fingerprint density at radius 3 is 2.83 bits per heavy atom. The Morgan fingerprint density at radius 1 is 1.30 bits per heavy atom. The van der Waals surface area contributed by atoms with E-state index >= 15 is 0 Å². The summed E-state index contributed by atoms with van der Waals surface area (Å²) < 4.78 is 2.62. The maximum absolute atomic E-state index is 12.8. The van der Waals surface area contributed by atoms with Gasteiger partial charge in [-0.1, -0.05) is 43.0 Å². The Bertz CT molecular complexity index is 882. The third-order valence-corrected chi connectivity index (χ3v) is 6.02. The van der Waals surface area contributed by atoms with Crippen molar-refractivity contribution in [3.05, 3.63) is 57.2 Å². The minimum atomic E-state index is 0.0895. The molecule has 0 bridgehead atoms. The standard InChI is InChI=1S/C18H20N2OS2/c1-4-13(3)20-17(21)16-15(9-10-22-16)19-18(20)23-11-14-8-6-5-7-12(14)2/h5-10,13H,4,11H2,1-3H3/t13-/m0/s1. The quantitative estimate of drug-likeness (QED) is 0.481. The van der Waals surface area contributed by atoms with Gasteiger partial charge in [0.15, 0.2) is 5.16 Å². The van der Waals surface area contributed by atoms with Crippen LogP contribution in [0.4, 0.5) is 0 Å². The predicted molar refractivity (Wildman–Crippen MR) is 99.6 cm³/mol. The molecule has 120 valence electrons. The molecule has 0 amide bonds. The van der Waals surface area contributed by atoms with Gasteiger partial charge in [-0.25, -0.2) is 4.98 Å². The lowest BCUT2D eigenvalue weighted by Gasteiger charge is -2.17. The van der Waals surface area contributed by atoms with Gasteiger partial charge in [0, 0.05) is 11.8 Å². The summed E-state index contributed by atoms with van der Waals surface area (Å²) in [5, 5.41) is 2.76. The SMILES string of the molecule is CC[C@H](C)n1c(SCc2ccccc2C)nc2ccsc2c1=O. The van der Waals surface area contributed by atoms with E-state index in [0.29, 0.717) is 0 Å². The lowest BCUT2D eigenvalue weighted by atomic mass is 10.1. The molecule has 2 heterocycles. The van der Waals surface area contributed by atoms with Crippen LogP contribution in [-0.2, 0) is 5.75 Å². The van der Waals surface area contributed by atoms with Gasteiger partial charge in [0.2, 0.25) is 0 Å². The normalized spacial score (nSPS) is 12.7. The number of thiophene rings is 1. The zero-order valence-electron chi connectivity index (χ0n) is 13.6. The number of hydrogen-bond acceptors (Lipinski definition) is 4. The van der Waals surface area contributed by atoms with Crippen molar-refractivity contribution in [3.8, 4) is 0 Å². The predicted octanol–water partition coefficient (Wildman–Crippen LogP) is 5.03. The van der Waals surface area contributed by atoms with Crippen molar-refractivity contribution < 1.29 is 0 Å². The molecule has 0 aliphatic carbocycles. The van der Waals surface area contributed by atoms with E-state index in [1.807, 2.05) is 22.1 Å². The van der Waals surface area contributed by atoms with Crippen LogP contribution >= 0.6 is 23.1 Å². The fourth-order valence-corrected chi connectivity index (χ4v) is 4.43. The van der Waals surface area contributed by atoms with Gasteiger partial charge in [0.25, 0.3) is 5.56 Å². The molecule has 23 heavy (non-hydrogen) atoms. The molecular weight excluding hydrogens is 324 g/mol.